The Morgan fingerprint density at radius 1 is 1.19 bits per heavy atom. The molecule has 3 heterocycles. The highest BCUT2D eigenvalue weighted by molar-refractivity contribution is 6.44. The van der Waals surface area contributed by atoms with Crippen molar-refractivity contribution in [3.8, 4) is 0 Å². The number of benzene rings is 2. The minimum absolute atomic E-state index is 0.0617. The standard InChI is InChI=1S/C23H23Cl2FN4O2/c1-2-28-13-20(30(23(28)31)18-5-3-4-17(24)21(18)25)29-10-8-14(9-11-29)22-16-7-6-15(26)12-19(16)32-27-22/h3-7,12,14,20H,2,8-11,13H2,1H3. The first-order valence-corrected chi connectivity index (χ1v) is 11.5. The number of likely N-dealkylation sites (N-methyl/N-ethyl adjacent to an activating group) is 1. The molecule has 3 aromatic rings. The maximum absolute atomic E-state index is 13.5. The fourth-order valence-corrected chi connectivity index (χ4v) is 5.20. The molecule has 1 atom stereocenters. The Morgan fingerprint density at radius 3 is 2.72 bits per heavy atom. The molecule has 9 heteroatoms. The number of carbonyl (C=O) groups is 1. The summed E-state index contributed by atoms with van der Waals surface area (Å²) in [7, 11) is 0. The molecule has 2 saturated heterocycles. The van der Waals surface area contributed by atoms with Gasteiger partial charge in [-0.25, -0.2) is 9.18 Å². The van der Waals surface area contributed by atoms with E-state index in [1.54, 1.807) is 17.0 Å². The minimum Gasteiger partial charge on any atom is -0.356 e. The molecule has 1 unspecified atom stereocenters. The number of aromatic nitrogens is 1. The van der Waals surface area contributed by atoms with Crippen LogP contribution in [0.25, 0.3) is 11.0 Å². The van der Waals surface area contributed by atoms with Crippen molar-refractivity contribution in [2.24, 2.45) is 0 Å². The summed E-state index contributed by atoms with van der Waals surface area (Å²) in [5.74, 6) is -0.110. The number of carbonyl (C=O) groups excluding carboxylic acids is 1. The number of anilines is 1. The lowest BCUT2D eigenvalue weighted by molar-refractivity contribution is 0.151. The van der Waals surface area contributed by atoms with E-state index in [0.29, 0.717) is 34.4 Å². The molecule has 0 bridgehead atoms. The number of fused-ring (bicyclic) bond motifs is 1. The van der Waals surface area contributed by atoms with Crippen LogP contribution in [0.1, 0.15) is 31.4 Å². The summed E-state index contributed by atoms with van der Waals surface area (Å²) in [4.78, 5) is 19.1. The van der Waals surface area contributed by atoms with E-state index in [0.717, 1.165) is 37.0 Å². The lowest BCUT2D eigenvalue weighted by Crippen LogP contribution is -2.50. The highest BCUT2D eigenvalue weighted by atomic mass is 35.5. The summed E-state index contributed by atoms with van der Waals surface area (Å²) in [6.07, 6.45) is 1.61. The smallest absolute Gasteiger partial charge is 0.326 e. The van der Waals surface area contributed by atoms with E-state index in [9.17, 15) is 9.18 Å². The topological polar surface area (TPSA) is 52.8 Å². The summed E-state index contributed by atoms with van der Waals surface area (Å²) >= 11 is 12.7. The largest absolute Gasteiger partial charge is 0.356 e. The molecule has 1 aromatic heterocycles. The van der Waals surface area contributed by atoms with Crippen LogP contribution < -0.4 is 4.90 Å². The molecule has 0 spiro atoms. The monoisotopic (exact) mass is 476 g/mol. The number of hydrogen-bond donors (Lipinski definition) is 0. The number of likely N-dealkylation sites (tertiary alicyclic amines) is 1. The maximum atomic E-state index is 13.5. The van der Waals surface area contributed by atoms with Crippen molar-refractivity contribution in [3.05, 3.63) is 58.0 Å². The zero-order valence-corrected chi connectivity index (χ0v) is 19.1. The van der Waals surface area contributed by atoms with Crippen LogP contribution in [-0.2, 0) is 0 Å². The summed E-state index contributed by atoms with van der Waals surface area (Å²) in [5, 5.41) is 5.92. The van der Waals surface area contributed by atoms with Crippen LogP contribution in [0.2, 0.25) is 10.0 Å². The average Bonchev–Trinajstić information content (AvgIpc) is 3.36. The van der Waals surface area contributed by atoms with Gasteiger partial charge in [0.25, 0.3) is 0 Å². The second-order valence-corrected chi connectivity index (χ2v) is 9.05. The second-order valence-electron chi connectivity index (χ2n) is 8.26. The molecule has 2 amide bonds. The third-order valence-electron chi connectivity index (χ3n) is 6.53. The molecule has 5 rings (SSSR count). The first-order chi connectivity index (χ1) is 15.5. The maximum Gasteiger partial charge on any atom is 0.326 e. The summed E-state index contributed by atoms with van der Waals surface area (Å²) < 4.78 is 18.8. The molecule has 168 valence electrons. The molecular weight excluding hydrogens is 454 g/mol. The molecule has 0 saturated carbocycles. The molecule has 0 radical (unpaired) electrons. The lowest BCUT2D eigenvalue weighted by Gasteiger charge is -2.38. The van der Waals surface area contributed by atoms with Crippen LogP contribution in [0.4, 0.5) is 14.9 Å². The van der Waals surface area contributed by atoms with E-state index in [-0.39, 0.29) is 23.9 Å². The van der Waals surface area contributed by atoms with Crippen LogP contribution in [0.15, 0.2) is 40.9 Å². The van der Waals surface area contributed by atoms with Crippen molar-refractivity contribution in [1.82, 2.24) is 15.0 Å². The van der Waals surface area contributed by atoms with Gasteiger partial charge in [0.2, 0.25) is 0 Å². The van der Waals surface area contributed by atoms with Crippen molar-refractivity contribution in [1.29, 1.82) is 0 Å². The highest BCUT2D eigenvalue weighted by Crippen LogP contribution is 2.39. The number of rotatable bonds is 4. The van der Waals surface area contributed by atoms with Gasteiger partial charge in [0, 0.05) is 37.0 Å². The van der Waals surface area contributed by atoms with Crippen LogP contribution in [0.3, 0.4) is 0 Å². The zero-order valence-electron chi connectivity index (χ0n) is 17.6. The van der Waals surface area contributed by atoms with Gasteiger partial charge in [0.1, 0.15) is 12.0 Å². The van der Waals surface area contributed by atoms with Gasteiger partial charge in [-0.2, -0.15) is 0 Å². The lowest BCUT2D eigenvalue weighted by atomic mass is 9.91. The number of amides is 2. The van der Waals surface area contributed by atoms with Crippen molar-refractivity contribution in [3.63, 3.8) is 0 Å². The van der Waals surface area contributed by atoms with Gasteiger partial charge in [-0.3, -0.25) is 9.80 Å². The van der Waals surface area contributed by atoms with Crippen molar-refractivity contribution >= 4 is 45.9 Å². The Bertz CT molecular complexity index is 1160. The van der Waals surface area contributed by atoms with Gasteiger partial charge in [0.15, 0.2) is 5.58 Å². The van der Waals surface area contributed by atoms with Crippen LogP contribution in [-0.4, -0.2) is 53.3 Å². The van der Waals surface area contributed by atoms with Gasteiger partial charge in [-0.15, -0.1) is 0 Å². The van der Waals surface area contributed by atoms with E-state index in [1.165, 1.54) is 12.1 Å². The summed E-state index contributed by atoms with van der Waals surface area (Å²) in [6.45, 7) is 4.80. The third kappa shape index (κ3) is 3.62. The van der Waals surface area contributed by atoms with Crippen molar-refractivity contribution < 1.29 is 13.7 Å². The number of piperidine rings is 1. The van der Waals surface area contributed by atoms with Gasteiger partial charge >= 0.3 is 6.03 Å². The van der Waals surface area contributed by atoms with Crippen LogP contribution in [0, 0.1) is 5.82 Å². The Labute approximate surface area is 195 Å². The van der Waals surface area contributed by atoms with Gasteiger partial charge in [-0.1, -0.05) is 34.4 Å². The second kappa shape index (κ2) is 8.54. The molecule has 2 aliphatic rings. The third-order valence-corrected chi connectivity index (χ3v) is 7.34. The quantitative estimate of drug-likeness (QED) is 0.481. The van der Waals surface area contributed by atoms with Crippen LogP contribution in [0.5, 0.6) is 0 Å². The van der Waals surface area contributed by atoms with Gasteiger partial charge < -0.3 is 9.42 Å². The Hall–Kier alpha value is -2.35. The zero-order chi connectivity index (χ0) is 22.4. The molecule has 2 aliphatic heterocycles. The van der Waals surface area contributed by atoms with Gasteiger partial charge in [0.05, 0.1) is 28.0 Å². The number of urea groups is 1. The SMILES string of the molecule is CCN1CC(N2CCC(c3noc4cc(F)ccc34)CC2)N(c2cccc(Cl)c2Cl)C1=O. The van der Waals surface area contributed by atoms with Crippen molar-refractivity contribution in [2.75, 3.05) is 31.1 Å². The van der Waals surface area contributed by atoms with Crippen LogP contribution >= 0.6 is 23.2 Å². The molecule has 2 fully saturated rings. The normalized spacial score (nSPS) is 20.6. The first kappa shape index (κ1) is 21.5. The number of hydrogen-bond acceptors (Lipinski definition) is 4. The number of nitrogens with zero attached hydrogens (tertiary/aromatic N) is 4. The van der Waals surface area contributed by atoms with Gasteiger partial charge in [-0.05, 0) is 44.0 Å². The fourth-order valence-electron chi connectivity index (χ4n) is 4.82. The Morgan fingerprint density at radius 2 is 1.97 bits per heavy atom. The van der Waals surface area contributed by atoms with Crippen molar-refractivity contribution in [2.45, 2.75) is 31.8 Å². The molecule has 0 N–H and O–H groups in total. The minimum atomic E-state index is -0.332. The van der Waals surface area contributed by atoms with E-state index in [4.69, 9.17) is 27.7 Å². The van der Waals surface area contributed by atoms with E-state index in [2.05, 4.69) is 10.1 Å². The average molecular weight is 477 g/mol. The summed E-state index contributed by atoms with van der Waals surface area (Å²) in [5.41, 5.74) is 1.99. The molecule has 32 heavy (non-hydrogen) atoms. The predicted molar refractivity (Wildman–Crippen MR) is 123 cm³/mol. The number of halogens is 3. The Kier molecular flexibility index (Phi) is 5.73. The molecular formula is C23H23Cl2FN4O2. The highest BCUT2D eigenvalue weighted by Gasteiger charge is 2.43. The van der Waals surface area contributed by atoms with E-state index < -0.39 is 0 Å². The van der Waals surface area contributed by atoms with E-state index in [1.807, 2.05) is 24.0 Å². The first-order valence-electron chi connectivity index (χ1n) is 10.8. The summed E-state index contributed by atoms with van der Waals surface area (Å²) in [6, 6.07) is 9.86. The molecule has 2 aromatic carbocycles. The predicted octanol–water partition coefficient (Wildman–Crippen LogP) is 5.74. The molecule has 6 nitrogen and oxygen atoms in total. The molecule has 0 aliphatic carbocycles. The fraction of sp³-hybridized carbons (Fsp3) is 0.391. The Balaban J connectivity index is 1.37. The van der Waals surface area contributed by atoms with E-state index >= 15 is 0 Å².